The lowest BCUT2D eigenvalue weighted by molar-refractivity contribution is 0.0888. The Morgan fingerprint density at radius 3 is 2.93 bits per heavy atom. The van der Waals surface area contributed by atoms with Gasteiger partial charge in [-0.2, -0.15) is 0 Å². The fourth-order valence-electron chi connectivity index (χ4n) is 2.95. The van der Waals surface area contributed by atoms with Gasteiger partial charge in [0.25, 0.3) is 0 Å². The van der Waals surface area contributed by atoms with Gasteiger partial charge >= 0.3 is 0 Å². The number of rotatable bonds is 9. The van der Waals surface area contributed by atoms with E-state index >= 15 is 0 Å². The number of halogens is 1. The van der Waals surface area contributed by atoms with E-state index in [-0.39, 0.29) is 24.0 Å². The van der Waals surface area contributed by atoms with E-state index in [1.807, 2.05) is 24.4 Å². The zero-order valence-electron chi connectivity index (χ0n) is 16.3. The molecule has 1 aliphatic rings. The summed E-state index contributed by atoms with van der Waals surface area (Å²) in [6.45, 7) is 4.67. The Balaban J connectivity index is 0.00000280. The number of benzene rings is 1. The van der Waals surface area contributed by atoms with Crippen molar-refractivity contribution in [3.05, 3.63) is 42.4 Å². The van der Waals surface area contributed by atoms with E-state index in [0.29, 0.717) is 12.5 Å². The molecule has 154 valence electrons. The summed E-state index contributed by atoms with van der Waals surface area (Å²) in [5, 5.41) is 6.57. The summed E-state index contributed by atoms with van der Waals surface area (Å²) < 4.78 is 11.1. The summed E-state index contributed by atoms with van der Waals surface area (Å²) in [5.74, 6) is 2.21. The summed E-state index contributed by atoms with van der Waals surface area (Å²) >= 11 is 0. The van der Waals surface area contributed by atoms with Gasteiger partial charge in [-0.1, -0.05) is 30.3 Å². The van der Waals surface area contributed by atoms with E-state index in [2.05, 4.69) is 37.7 Å². The van der Waals surface area contributed by atoms with Gasteiger partial charge in [-0.15, -0.1) is 24.0 Å². The maximum atomic E-state index is 5.71. The summed E-state index contributed by atoms with van der Waals surface area (Å²) in [7, 11) is 1.77. The second-order valence-corrected chi connectivity index (χ2v) is 6.62. The number of aromatic amines is 1. The third-order valence-corrected chi connectivity index (χ3v) is 4.50. The largest absolute Gasteiger partial charge is 0.381 e. The predicted octanol–water partition coefficient (Wildman–Crippen LogP) is 2.80. The van der Waals surface area contributed by atoms with Crippen LogP contribution >= 0.6 is 24.0 Å². The fraction of sp³-hybridized carbons (Fsp3) is 0.500. The van der Waals surface area contributed by atoms with E-state index in [4.69, 9.17) is 9.47 Å². The van der Waals surface area contributed by atoms with Gasteiger partial charge < -0.3 is 25.1 Å². The van der Waals surface area contributed by atoms with Crippen LogP contribution < -0.4 is 10.6 Å². The number of aromatic nitrogens is 2. The van der Waals surface area contributed by atoms with Crippen LogP contribution in [0.2, 0.25) is 0 Å². The minimum atomic E-state index is 0. The number of H-pyrrole nitrogens is 1. The zero-order chi connectivity index (χ0) is 18.7. The Hall–Kier alpha value is -1.65. The van der Waals surface area contributed by atoms with Crippen LogP contribution in [-0.4, -0.2) is 55.9 Å². The number of nitrogens with one attached hydrogen (secondary N) is 3. The van der Waals surface area contributed by atoms with Crippen LogP contribution in [0.1, 0.15) is 18.7 Å². The van der Waals surface area contributed by atoms with E-state index in [1.165, 1.54) is 0 Å². The number of guanidine groups is 1. The van der Waals surface area contributed by atoms with Gasteiger partial charge in [0.2, 0.25) is 0 Å². The van der Waals surface area contributed by atoms with Crippen molar-refractivity contribution in [1.29, 1.82) is 0 Å². The Bertz CT molecular complexity index is 702. The topological polar surface area (TPSA) is 83.6 Å². The van der Waals surface area contributed by atoms with E-state index in [1.54, 1.807) is 7.05 Å². The van der Waals surface area contributed by atoms with Crippen LogP contribution in [-0.2, 0) is 16.0 Å². The van der Waals surface area contributed by atoms with Gasteiger partial charge in [0, 0.05) is 32.7 Å². The predicted molar refractivity (Wildman–Crippen MR) is 122 cm³/mol. The average molecular weight is 499 g/mol. The zero-order valence-corrected chi connectivity index (χ0v) is 18.6. The molecule has 1 unspecified atom stereocenters. The van der Waals surface area contributed by atoms with Crippen molar-refractivity contribution >= 4 is 29.9 Å². The highest BCUT2D eigenvalue weighted by atomic mass is 127. The van der Waals surface area contributed by atoms with Gasteiger partial charge in [0.15, 0.2) is 5.96 Å². The van der Waals surface area contributed by atoms with Crippen LogP contribution in [0, 0.1) is 5.92 Å². The average Bonchev–Trinajstić information content (AvgIpc) is 3.39. The SMILES string of the molecule is CN=C(NCCCOCC1CCOC1)NCc1ncc(-c2ccccc2)[nH]1.I. The van der Waals surface area contributed by atoms with Gasteiger partial charge in [-0.05, 0) is 18.4 Å². The Morgan fingerprint density at radius 1 is 1.32 bits per heavy atom. The molecule has 1 aliphatic heterocycles. The van der Waals surface area contributed by atoms with Crippen LogP contribution in [0.3, 0.4) is 0 Å². The lowest BCUT2D eigenvalue weighted by atomic mass is 10.1. The van der Waals surface area contributed by atoms with Crippen molar-refractivity contribution in [2.75, 3.05) is 40.0 Å². The molecule has 7 nitrogen and oxygen atoms in total. The molecule has 3 N–H and O–H groups in total. The standard InChI is InChI=1S/C20H29N5O2.HI/c1-21-20(22-9-5-10-26-14-16-8-11-27-15-16)24-13-19-23-12-18(25-19)17-6-3-2-4-7-17;/h2-4,6-7,12,16H,5,8-11,13-15H2,1H3,(H,23,25)(H2,21,22,24);1H. The van der Waals surface area contributed by atoms with Crippen molar-refractivity contribution in [3.63, 3.8) is 0 Å². The van der Waals surface area contributed by atoms with Crippen molar-refractivity contribution < 1.29 is 9.47 Å². The smallest absolute Gasteiger partial charge is 0.191 e. The molecule has 1 atom stereocenters. The van der Waals surface area contributed by atoms with Gasteiger partial charge in [0.1, 0.15) is 5.82 Å². The molecule has 0 spiro atoms. The first-order valence-electron chi connectivity index (χ1n) is 9.54. The first-order valence-corrected chi connectivity index (χ1v) is 9.54. The molecule has 0 aliphatic carbocycles. The van der Waals surface area contributed by atoms with Crippen LogP contribution in [0.25, 0.3) is 11.3 Å². The Labute approximate surface area is 183 Å². The minimum Gasteiger partial charge on any atom is -0.381 e. The fourth-order valence-corrected chi connectivity index (χ4v) is 2.95. The van der Waals surface area contributed by atoms with Crippen molar-refractivity contribution in [3.8, 4) is 11.3 Å². The molecular formula is C20H30IN5O2. The highest BCUT2D eigenvalue weighted by molar-refractivity contribution is 14.0. The van der Waals surface area contributed by atoms with Crippen molar-refractivity contribution in [2.24, 2.45) is 10.9 Å². The third kappa shape index (κ3) is 7.40. The maximum absolute atomic E-state index is 5.71. The van der Waals surface area contributed by atoms with Crippen LogP contribution in [0.15, 0.2) is 41.5 Å². The summed E-state index contributed by atoms with van der Waals surface area (Å²) in [6, 6.07) is 10.2. The van der Waals surface area contributed by atoms with Gasteiger partial charge in [-0.3, -0.25) is 4.99 Å². The van der Waals surface area contributed by atoms with Crippen LogP contribution in [0.4, 0.5) is 0 Å². The monoisotopic (exact) mass is 499 g/mol. The molecule has 1 saturated heterocycles. The van der Waals surface area contributed by atoms with E-state index < -0.39 is 0 Å². The molecule has 1 fully saturated rings. The highest BCUT2D eigenvalue weighted by Gasteiger charge is 2.15. The molecule has 0 amide bonds. The normalized spacial score (nSPS) is 16.6. The number of aliphatic imine (C=N–C) groups is 1. The molecular weight excluding hydrogens is 469 g/mol. The first-order chi connectivity index (χ1) is 13.3. The molecule has 0 saturated carbocycles. The number of ether oxygens (including phenoxy) is 2. The Kier molecular flexibility index (Phi) is 10.3. The molecule has 8 heteroatoms. The summed E-state index contributed by atoms with van der Waals surface area (Å²) in [4.78, 5) is 12.0. The van der Waals surface area contributed by atoms with Crippen molar-refractivity contribution in [2.45, 2.75) is 19.4 Å². The quantitative estimate of drug-likeness (QED) is 0.214. The molecule has 0 bridgehead atoms. The number of imidazole rings is 1. The minimum absolute atomic E-state index is 0. The number of hydrogen-bond acceptors (Lipinski definition) is 4. The second-order valence-electron chi connectivity index (χ2n) is 6.62. The summed E-state index contributed by atoms with van der Waals surface area (Å²) in [6.07, 6.45) is 3.91. The van der Waals surface area contributed by atoms with Gasteiger partial charge in [0.05, 0.1) is 31.6 Å². The molecule has 1 aromatic heterocycles. The van der Waals surface area contributed by atoms with E-state index in [0.717, 1.165) is 68.9 Å². The molecule has 2 aromatic rings. The molecule has 0 radical (unpaired) electrons. The molecule has 3 rings (SSSR count). The lowest BCUT2D eigenvalue weighted by Gasteiger charge is -2.12. The molecule has 1 aromatic carbocycles. The summed E-state index contributed by atoms with van der Waals surface area (Å²) in [5.41, 5.74) is 2.14. The Morgan fingerprint density at radius 2 is 2.18 bits per heavy atom. The molecule has 2 heterocycles. The second kappa shape index (κ2) is 12.7. The maximum Gasteiger partial charge on any atom is 0.191 e. The lowest BCUT2D eigenvalue weighted by Crippen LogP contribution is -2.37. The number of hydrogen-bond donors (Lipinski definition) is 3. The first kappa shape index (κ1) is 22.6. The molecule has 28 heavy (non-hydrogen) atoms. The van der Waals surface area contributed by atoms with Crippen LogP contribution in [0.5, 0.6) is 0 Å². The van der Waals surface area contributed by atoms with Crippen molar-refractivity contribution in [1.82, 2.24) is 20.6 Å². The van der Waals surface area contributed by atoms with Gasteiger partial charge in [-0.25, -0.2) is 4.98 Å². The highest BCUT2D eigenvalue weighted by Crippen LogP contribution is 2.15. The third-order valence-electron chi connectivity index (χ3n) is 4.50. The number of nitrogens with zero attached hydrogens (tertiary/aromatic N) is 2. The van der Waals surface area contributed by atoms with E-state index in [9.17, 15) is 0 Å².